The minimum atomic E-state index is -2.73. The van der Waals surface area contributed by atoms with Crippen LogP contribution in [0.2, 0.25) is 0 Å². The third-order valence-corrected chi connectivity index (χ3v) is 5.42. The number of carbonyl (C=O) groups is 3. The highest BCUT2D eigenvalue weighted by Crippen LogP contribution is 2.38. The highest BCUT2D eigenvalue weighted by Gasteiger charge is 2.57. The van der Waals surface area contributed by atoms with Crippen molar-refractivity contribution in [3.05, 3.63) is 17.5 Å². The molecular formula is C18H25F2N5O3. The molecule has 0 bridgehead atoms. The number of nitrogens with zero attached hydrogens (tertiary/aromatic N) is 4. The summed E-state index contributed by atoms with van der Waals surface area (Å²) in [6.45, 7) is 7.00. The van der Waals surface area contributed by atoms with Crippen molar-refractivity contribution in [2.24, 2.45) is 5.92 Å². The van der Waals surface area contributed by atoms with Gasteiger partial charge in [0, 0.05) is 26.2 Å². The van der Waals surface area contributed by atoms with Crippen molar-refractivity contribution in [1.82, 2.24) is 24.9 Å². The zero-order valence-electron chi connectivity index (χ0n) is 16.2. The Hall–Kier alpha value is -2.52. The summed E-state index contributed by atoms with van der Waals surface area (Å²) in [5.74, 6) is -0.480. The van der Waals surface area contributed by atoms with Crippen molar-refractivity contribution in [2.45, 2.75) is 45.6 Å². The Morgan fingerprint density at radius 1 is 1.29 bits per heavy atom. The van der Waals surface area contributed by atoms with Crippen molar-refractivity contribution in [3.8, 4) is 0 Å². The van der Waals surface area contributed by atoms with E-state index >= 15 is 0 Å². The second-order valence-corrected chi connectivity index (χ2v) is 7.67. The Labute approximate surface area is 161 Å². The van der Waals surface area contributed by atoms with Crippen LogP contribution in [0, 0.1) is 5.92 Å². The van der Waals surface area contributed by atoms with E-state index in [1.165, 1.54) is 9.80 Å². The maximum atomic E-state index is 13.0. The zero-order chi connectivity index (χ0) is 20.6. The lowest BCUT2D eigenvalue weighted by molar-refractivity contribution is -0.135. The summed E-state index contributed by atoms with van der Waals surface area (Å²) in [6, 6.07) is 0.765. The third kappa shape index (κ3) is 3.24. The number of nitrogens with one attached hydrogen (secondary N) is 1. The molecule has 1 aromatic heterocycles. The number of likely N-dealkylation sites (tertiary alicyclic amines) is 1. The number of alkyl halides is 2. The van der Waals surface area contributed by atoms with Crippen molar-refractivity contribution in [2.75, 3.05) is 26.2 Å². The van der Waals surface area contributed by atoms with Gasteiger partial charge in [-0.2, -0.15) is 5.10 Å². The average molecular weight is 397 g/mol. The molecule has 0 unspecified atom stereocenters. The average Bonchev–Trinajstić information content (AvgIpc) is 3.21. The van der Waals surface area contributed by atoms with Crippen LogP contribution >= 0.6 is 0 Å². The number of aromatic amines is 1. The fourth-order valence-corrected chi connectivity index (χ4v) is 3.96. The molecular weight excluding hydrogens is 372 g/mol. The molecule has 28 heavy (non-hydrogen) atoms. The zero-order valence-corrected chi connectivity index (χ0v) is 16.2. The Balaban J connectivity index is 1.77. The van der Waals surface area contributed by atoms with E-state index in [1.54, 1.807) is 11.8 Å². The van der Waals surface area contributed by atoms with Gasteiger partial charge in [-0.25, -0.2) is 13.6 Å². The predicted molar refractivity (Wildman–Crippen MR) is 95.7 cm³/mol. The monoisotopic (exact) mass is 397 g/mol. The lowest BCUT2D eigenvalue weighted by Gasteiger charge is -2.42. The largest absolute Gasteiger partial charge is 0.337 e. The normalized spacial score (nSPS) is 19.6. The molecule has 1 aromatic rings. The number of hydrogen-bond donors (Lipinski definition) is 1. The van der Waals surface area contributed by atoms with Crippen LogP contribution in [0.3, 0.4) is 0 Å². The van der Waals surface area contributed by atoms with Crippen LogP contribution < -0.4 is 0 Å². The Morgan fingerprint density at radius 2 is 1.93 bits per heavy atom. The van der Waals surface area contributed by atoms with Gasteiger partial charge in [0.1, 0.15) is 11.2 Å². The number of likely N-dealkylation sites (N-methyl/N-ethyl adjacent to an activating group) is 1. The summed E-state index contributed by atoms with van der Waals surface area (Å²) >= 11 is 0. The van der Waals surface area contributed by atoms with E-state index < -0.39 is 23.6 Å². The standard InChI is InChI=1S/C18H25F2N5O3/c1-4-24-16(27)18(25(17(24)28)10-11(2)3)5-7-23(8-6-18)15(26)13-9-12(14(19)20)21-22-13/h9,11,14H,4-8,10H2,1-3H3,(H,21,22). The topological polar surface area (TPSA) is 89.6 Å². The second kappa shape index (κ2) is 7.48. The van der Waals surface area contributed by atoms with Gasteiger partial charge in [-0.3, -0.25) is 19.6 Å². The molecule has 0 atom stereocenters. The fourth-order valence-electron chi connectivity index (χ4n) is 3.96. The quantitative estimate of drug-likeness (QED) is 0.772. The van der Waals surface area contributed by atoms with Crippen molar-refractivity contribution in [3.63, 3.8) is 0 Å². The highest BCUT2D eigenvalue weighted by atomic mass is 19.3. The number of urea groups is 1. The minimum absolute atomic E-state index is 0.0747. The maximum absolute atomic E-state index is 13.0. The van der Waals surface area contributed by atoms with Gasteiger partial charge < -0.3 is 9.80 Å². The van der Waals surface area contributed by atoms with Gasteiger partial charge in [-0.05, 0) is 31.7 Å². The Kier molecular flexibility index (Phi) is 5.40. The van der Waals surface area contributed by atoms with Crippen LogP contribution in [0.5, 0.6) is 0 Å². The van der Waals surface area contributed by atoms with Crippen LogP contribution in [0.1, 0.15) is 56.2 Å². The Bertz CT molecular complexity index is 771. The first-order chi connectivity index (χ1) is 13.2. The Morgan fingerprint density at radius 3 is 2.43 bits per heavy atom. The molecule has 3 heterocycles. The van der Waals surface area contributed by atoms with E-state index in [2.05, 4.69) is 10.2 Å². The van der Waals surface area contributed by atoms with E-state index in [9.17, 15) is 23.2 Å². The third-order valence-electron chi connectivity index (χ3n) is 5.42. The number of amides is 4. The van der Waals surface area contributed by atoms with Gasteiger partial charge in [-0.15, -0.1) is 0 Å². The van der Waals surface area contributed by atoms with E-state index in [0.29, 0.717) is 25.9 Å². The summed E-state index contributed by atoms with van der Waals surface area (Å²) in [5, 5.41) is 5.84. The molecule has 0 saturated carbocycles. The number of halogens is 2. The van der Waals surface area contributed by atoms with E-state index in [0.717, 1.165) is 6.07 Å². The first-order valence-corrected chi connectivity index (χ1v) is 9.47. The van der Waals surface area contributed by atoms with Crippen molar-refractivity contribution >= 4 is 17.8 Å². The van der Waals surface area contributed by atoms with Gasteiger partial charge in [0.05, 0.1) is 0 Å². The van der Waals surface area contributed by atoms with E-state index in [1.807, 2.05) is 13.8 Å². The summed E-state index contributed by atoms with van der Waals surface area (Å²) in [5.41, 5.74) is -1.42. The molecule has 2 aliphatic heterocycles. The first kappa shape index (κ1) is 20.2. The smallest absolute Gasteiger partial charge is 0.327 e. The molecule has 0 radical (unpaired) electrons. The molecule has 1 spiro atoms. The van der Waals surface area contributed by atoms with Crippen LogP contribution in [0.15, 0.2) is 6.07 Å². The van der Waals surface area contributed by atoms with E-state index in [-0.39, 0.29) is 36.6 Å². The minimum Gasteiger partial charge on any atom is -0.337 e. The second-order valence-electron chi connectivity index (χ2n) is 7.67. The molecule has 154 valence electrons. The highest BCUT2D eigenvalue weighted by molar-refractivity contribution is 6.07. The molecule has 2 saturated heterocycles. The molecule has 10 heteroatoms. The number of aromatic nitrogens is 2. The molecule has 0 aliphatic carbocycles. The maximum Gasteiger partial charge on any atom is 0.327 e. The van der Waals surface area contributed by atoms with Gasteiger partial charge in [-0.1, -0.05) is 13.8 Å². The molecule has 8 nitrogen and oxygen atoms in total. The lowest BCUT2D eigenvalue weighted by atomic mass is 9.85. The van der Waals surface area contributed by atoms with Crippen LogP contribution in [0.4, 0.5) is 13.6 Å². The number of rotatable bonds is 5. The molecule has 2 aliphatic rings. The summed E-state index contributed by atoms with van der Waals surface area (Å²) in [7, 11) is 0. The molecule has 3 rings (SSSR count). The van der Waals surface area contributed by atoms with E-state index in [4.69, 9.17) is 0 Å². The van der Waals surface area contributed by atoms with Gasteiger partial charge in [0.2, 0.25) is 0 Å². The van der Waals surface area contributed by atoms with Crippen LogP contribution in [-0.4, -0.2) is 74.5 Å². The number of imide groups is 1. The first-order valence-electron chi connectivity index (χ1n) is 9.47. The molecule has 1 N–H and O–H groups in total. The van der Waals surface area contributed by atoms with Crippen molar-refractivity contribution < 1.29 is 23.2 Å². The number of piperidine rings is 1. The summed E-state index contributed by atoms with van der Waals surface area (Å²) < 4.78 is 25.4. The number of H-pyrrole nitrogens is 1. The van der Waals surface area contributed by atoms with Gasteiger partial charge >= 0.3 is 6.03 Å². The summed E-state index contributed by atoms with van der Waals surface area (Å²) in [6.07, 6.45) is -2.09. The SMILES string of the molecule is CCN1C(=O)N(CC(C)C)C2(CCN(C(=O)c3cc(C(F)F)[nH]n3)CC2)C1=O. The molecule has 0 aromatic carbocycles. The fraction of sp³-hybridized carbons (Fsp3) is 0.667. The summed E-state index contributed by atoms with van der Waals surface area (Å²) in [4.78, 5) is 42.7. The van der Waals surface area contributed by atoms with Crippen molar-refractivity contribution in [1.29, 1.82) is 0 Å². The van der Waals surface area contributed by atoms with Crippen LogP contribution in [-0.2, 0) is 4.79 Å². The van der Waals surface area contributed by atoms with Gasteiger partial charge in [0.15, 0.2) is 5.69 Å². The lowest BCUT2D eigenvalue weighted by Crippen LogP contribution is -2.58. The number of hydrogen-bond acceptors (Lipinski definition) is 4. The molecule has 2 fully saturated rings. The van der Waals surface area contributed by atoms with Gasteiger partial charge in [0.25, 0.3) is 18.2 Å². The predicted octanol–water partition coefficient (Wildman–Crippen LogP) is 2.26. The number of carbonyl (C=O) groups excluding carboxylic acids is 3. The molecule has 4 amide bonds. The van der Waals surface area contributed by atoms with Crippen LogP contribution in [0.25, 0.3) is 0 Å².